The molecule has 1 amide bonds. The van der Waals surface area contributed by atoms with Crippen molar-refractivity contribution in [2.24, 2.45) is 0 Å². The number of aryl methyl sites for hydroxylation is 1. The summed E-state index contributed by atoms with van der Waals surface area (Å²) in [6.07, 6.45) is -0.912. The van der Waals surface area contributed by atoms with Gasteiger partial charge in [-0.05, 0) is 52.7 Å². The van der Waals surface area contributed by atoms with Crippen LogP contribution in [0.25, 0.3) is 0 Å². The molecule has 0 unspecified atom stereocenters. The maximum Gasteiger partial charge on any atom is 0.438 e. The van der Waals surface area contributed by atoms with Gasteiger partial charge < -0.3 is 9.47 Å². The van der Waals surface area contributed by atoms with Crippen LogP contribution in [-0.2, 0) is 11.3 Å². The second-order valence-electron chi connectivity index (χ2n) is 4.74. The van der Waals surface area contributed by atoms with Crippen molar-refractivity contribution in [3.63, 3.8) is 0 Å². The third-order valence-electron chi connectivity index (χ3n) is 3.13. The van der Waals surface area contributed by atoms with Gasteiger partial charge in [-0.3, -0.25) is 5.21 Å². The van der Waals surface area contributed by atoms with Gasteiger partial charge in [-0.15, -0.1) is 0 Å². The van der Waals surface area contributed by atoms with E-state index in [1.807, 2.05) is 25.1 Å². The van der Waals surface area contributed by atoms with Gasteiger partial charge in [0.15, 0.2) is 0 Å². The first-order valence-electron chi connectivity index (χ1n) is 6.67. The number of anilines is 1. The quantitative estimate of drug-likeness (QED) is 0.582. The summed E-state index contributed by atoms with van der Waals surface area (Å²) in [4.78, 5) is 11.5. The Bertz CT molecular complexity index is 723. The van der Waals surface area contributed by atoms with E-state index in [9.17, 15) is 10.0 Å². The van der Waals surface area contributed by atoms with Gasteiger partial charge in [0.2, 0.25) is 0 Å². The van der Waals surface area contributed by atoms with E-state index in [-0.39, 0.29) is 12.3 Å². The summed E-state index contributed by atoms with van der Waals surface area (Å²) in [7, 11) is 1.18. The standard InChI is InChI=1S/C16H15BrClNO4/c1-10-6-7-15(12(17)8-10)23-9-11-13(18)4-3-5-14(11)19(21)16(20)22-2/h3-8,21H,9H2,1-2H3. The third-order valence-corrected chi connectivity index (χ3v) is 4.10. The molecule has 0 aliphatic rings. The molecular formula is C16H15BrClNO4. The van der Waals surface area contributed by atoms with E-state index in [4.69, 9.17) is 16.3 Å². The lowest BCUT2D eigenvalue weighted by atomic mass is 10.2. The van der Waals surface area contributed by atoms with Gasteiger partial charge in [0, 0.05) is 10.6 Å². The van der Waals surface area contributed by atoms with Crippen molar-refractivity contribution in [2.75, 3.05) is 12.2 Å². The predicted octanol–water partition coefficient (Wildman–Crippen LogP) is 4.95. The summed E-state index contributed by atoms with van der Waals surface area (Å²) in [5.74, 6) is 0.629. The molecule has 0 atom stereocenters. The van der Waals surface area contributed by atoms with Crippen LogP contribution in [0.3, 0.4) is 0 Å². The zero-order chi connectivity index (χ0) is 17.0. The molecule has 0 radical (unpaired) electrons. The topological polar surface area (TPSA) is 59.0 Å². The van der Waals surface area contributed by atoms with Crippen molar-refractivity contribution < 1.29 is 19.5 Å². The molecule has 7 heteroatoms. The number of halogens is 2. The summed E-state index contributed by atoms with van der Waals surface area (Å²) in [6.45, 7) is 2.05. The minimum absolute atomic E-state index is 0.0741. The van der Waals surface area contributed by atoms with Crippen LogP contribution in [0.2, 0.25) is 5.02 Å². The molecule has 2 aromatic rings. The number of carbonyl (C=O) groups excluding carboxylic acids is 1. The second kappa shape index (κ2) is 7.68. The number of hydrogen-bond acceptors (Lipinski definition) is 4. The van der Waals surface area contributed by atoms with Crippen LogP contribution in [-0.4, -0.2) is 18.4 Å². The van der Waals surface area contributed by atoms with Crippen molar-refractivity contribution >= 4 is 39.3 Å². The van der Waals surface area contributed by atoms with Gasteiger partial charge >= 0.3 is 6.09 Å². The average molecular weight is 401 g/mol. The number of nitrogens with zero attached hydrogens (tertiary/aromatic N) is 1. The maximum atomic E-state index is 11.5. The van der Waals surface area contributed by atoms with E-state index in [2.05, 4.69) is 20.7 Å². The third kappa shape index (κ3) is 4.16. The monoisotopic (exact) mass is 399 g/mol. The van der Waals surface area contributed by atoms with Crippen molar-refractivity contribution in [1.82, 2.24) is 0 Å². The van der Waals surface area contributed by atoms with Crippen LogP contribution < -0.4 is 9.80 Å². The van der Waals surface area contributed by atoms with Gasteiger partial charge in [-0.25, -0.2) is 4.79 Å². The average Bonchev–Trinajstić information content (AvgIpc) is 2.53. The Kier molecular flexibility index (Phi) is 5.87. The highest BCUT2D eigenvalue weighted by atomic mass is 79.9. The molecule has 0 aliphatic carbocycles. The number of carbonyl (C=O) groups is 1. The molecule has 0 spiro atoms. The number of hydroxylamine groups is 1. The zero-order valence-corrected chi connectivity index (χ0v) is 14.9. The second-order valence-corrected chi connectivity index (χ2v) is 6.00. The van der Waals surface area contributed by atoms with Gasteiger partial charge in [0.1, 0.15) is 12.4 Å². The Morgan fingerprint density at radius 2 is 2.09 bits per heavy atom. The minimum atomic E-state index is -0.912. The summed E-state index contributed by atoms with van der Waals surface area (Å²) < 4.78 is 11.0. The maximum absolute atomic E-state index is 11.5. The molecular weight excluding hydrogens is 386 g/mol. The molecule has 5 nitrogen and oxygen atoms in total. The van der Waals surface area contributed by atoms with E-state index in [0.29, 0.717) is 21.4 Å². The molecule has 0 fully saturated rings. The lowest BCUT2D eigenvalue weighted by Crippen LogP contribution is -2.28. The Morgan fingerprint density at radius 3 is 2.74 bits per heavy atom. The van der Waals surface area contributed by atoms with Crippen LogP contribution in [0.1, 0.15) is 11.1 Å². The first kappa shape index (κ1) is 17.6. The molecule has 0 aromatic heterocycles. The molecule has 2 aromatic carbocycles. The fourth-order valence-electron chi connectivity index (χ4n) is 1.95. The number of amides is 1. The van der Waals surface area contributed by atoms with E-state index in [1.54, 1.807) is 18.2 Å². The van der Waals surface area contributed by atoms with E-state index in [0.717, 1.165) is 10.0 Å². The molecule has 0 saturated heterocycles. The number of benzene rings is 2. The van der Waals surface area contributed by atoms with Gasteiger partial charge in [0.25, 0.3) is 0 Å². The SMILES string of the molecule is COC(=O)N(O)c1cccc(Cl)c1COc1ccc(C)cc1Br. The van der Waals surface area contributed by atoms with Crippen molar-refractivity contribution in [3.05, 3.63) is 57.0 Å². The van der Waals surface area contributed by atoms with Crippen molar-refractivity contribution in [3.8, 4) is 5.75 Å². The van der Waals surface area contributed by atoms with E-state index >= 15 is 0 Å². The van der Waals surface area contributed by atoms with Crippen molar-refractivity contribution in [1.29, 1.82) is 0 Å². The van der Waals surface area contributed by atoms with Gasteiger partial charge in [-0.1, -0.05) is 23.7 Å². The fourth-order valence-corrected chi connectivity index (χ4v) is 2.78. The molecule has 122 valence electrons. The molecule has 0 heterocycles. The number of methoxy groups -OCH3 is 1. The Morgan fingerprint density at radius 1 is 1.35 bits per heavy atom. The smallest absolute Gasteiger partial charge is 0.438 e. The van der Waals surface area contributed by atoms with Gasteiger partial charge in [-0.2, -0.15) is 5.06 Å². The summed E-state index contributed by atoms with van der Waals surface area (Å²) in [6, 6.07) is 10.5. The van der Waals surface area contributed by atoms with E-state index in [1.165, 1.54) is 7.11 Å². The minimum Gasteiger partial charge on any atom is -0.488 e. The highest BCUT2D eigenvalue weighted by Gasteiger charge is 2.19. The fraction of sp³-hybridized carbons (Fsp3) is 0.188. The normalized spacial score (nSPS) is 10.3. The molecule has 0 aliphatic heterocycles. The summed E-state index contributed by atoms with van der Waals surface area (Å²) in [5.41, 5.74) is 1.76. The molecule has 1 N–H and O–H groups in total. The predicted molar refractivity (Wildman–Crippen MR) is 91.3 cm³/mol. The molecule has 23 heavy (non-hydrogen) atoms. The first-order valence-corrected chi connectivity index (χ1v) is 7.84. The largest absolute Gasteiger partial charge is 0.488 e. The summed E-state index contributed by atoms with van der Waals surface area (Å²) >= 11 is 9.60. The van der Waals surface area contributed by atoms with E-state index < -0.39 is 6.09 Å². The van der Waals surface area contributed by atoms with Crippen LogP contribution in [0, 0.1) is 6.92 Å². The lowest BCUT2D eigenvalue weighted by molar-refractivity contribution is 0.140. The van der Waals surface area contributed by atoms with Crippen LogP contribution in [0.15, 0.2) is 40.9 Å². The number of hydrogen-bond donors (Lipinski definition) is 1. The van der Waals surface area contributed by atoms with Gasteiger partial charge in [0.05, 0.1) is 17.3 Å². The Hall–Kier alpha value is -1.76. The lowest BCUT2D eigenvalue weighted by Gasteiger charge is -2.18. The first-order chi connectivity index (χ1) is 10.9. The zero-order valence-electron chi connectivity index (χ0n) is 12.5. The highest BCUT2D eigenvalue weighted by Crippen LogP contribution is 2.31. The van der Waals surface area contributed by atoms with Crippen LogP contribution in [0.5, 0.6) is 5.75 Å². The highest BCUT2D eigenvalue weighted by molar-refractivity contribution is 9.10. The molecule has 2 rings (SSSR count). The molecule has 0 bridgehead atoms. The Labute approximate surface area is 147 Å². The van der Waals surface area contributed by atoms with Crippen LogP contribution in [0.4, 0.5) is 10.5 Å². The van der Waals surface area contributed by atoms with Crippen LogP contribution >= 0.6 is 27.5 Å². The Balaban J connectivity index is 2.27. The van der Waals surface area contributed by atoms with Crippen molar-refractivity contribution in [2.45, 2.75) is 13.5 Å². The molecule has 0 saturated carbocycles. The number of rotatable bonds is 4. The number of ether oxygens (including phenoxy) is 2. The summed E-state index contributed by atoms with van der Waals surface area (Å²) in [5, 5.41) is 10.7.